The molecular weight excluding hydrogens is 306 g/mol. The molecule has 126 valence electrons. The lowest BCUT2D eigenvalue weighted by molar-refractivity contribution is -0.141. The number of aryl methyl sites for hydroxylation is 1. The average Bonchev–Trinajstić information content (AvgIpc) is 3.22. The van der Waals surface area contributed by atoms with Gasteiger partial charge in [-0.3, -0.25) is 14.3 Å². The van der Waals surface area contributed by atoms with Crippen molar-refractivity contribution in [3.63, 3.8) is 0 Å². The number of carboxylic acids is 1. The molecular formula is C18H21N3O3. The van der Waals surface area contributed by atoms with Crippen molar-refractivity contribution in [1.29, 1.82) is 0 Å². The normalized spacial score (nSPS) is 20.3. The van der Waals surface area contributed by atoms with E-state index in [1.165, 1.54) is 0 Å². The maximum atomic E-state index is 12.7. The summed E-state index contributed by atoms with van der Waals surface area (Å²) in [6.45, 7) is 3.45. The van der Waals surface area contributed by atoms with E-state index in [4.69, 9.17) is 0 Å². The number of hydrogen-bond donors (Lipinski definition) is 1. The van der Waals surface area contributed by atoms with Gasteiger partial charge in [0.15, 0.2) is 0 Å². The number of likely N-dealkylation sites (tertiary alicyclic amines) is 1. The number of carboxylic acid groups (broad SMARTS) is 1. The first-order valence-electron chi connectivity index (χ1n) is 8.19. The summed E-state index contributed by atoms with van der Waals surface area (Å²) in [5, 5.41) is 13.7. The molecule has 1 aromatic carbocycles. The first-order chi connectivity index (χ1) is 11.6. The second-order valence-corrected chi connectivity index (χ2v) is 6.16. The first kappa shape index (κ1) is 16.2. The van der Waals surface area contributed by atoms with Crippen LogP contribution in [0.4, 0.5) is 0 Å². The number of benzene rings is 1. The van der Waals surface area contributed by atoms with E-state index in [0.717, 1.165) is 18.5 Å². The molecule has 1 aliphatic heterocycles. The van der Waals surface area contributed by atoms with Crippen molar-refractivity contribution in [2.24, 2.45) is 5.92 Å². The molecule has 0 aliphatic carbocycles. The van der Waals surface area contributed by atoms with E-state index in [1.807, 2.05) is 37.3 Å². The van der Waals surface area contributed by atoms with Crippen LogP contribution in [0.15, 0.2) is 42.7 Å². The molecule has 1 fully saturated rings. The van der Waals surface area contributed by atoms with Crippen LogP contribution >= 0.6 is 0 Å². The molecule has 2 atom stereocenters. The fourth-order valence-electron chi connectivity index (χ4n) is 3.27. The number of amides is 1. The predicted molar refractivity (Wildman–Crippen MR) is 88.7 cm³/mol. The lowest BCUT2D eigenvalue weighted by Gasteiger charge is -2.15. The highest BCUT2D eigenvalue weighted by atomic mass is 16.4. The van der Waals surface area contributed by atoms with Crippen molar-refractivity contribution in [2.75, 3.05) is 13.1 Å². The van der Waals surface area contributed by atoms with E-state index in [1.54, 1.807) is 22.0 Å². The Morgan fingerprint density at radius 2 is 2.00 bits per heavy atom. The Morgan fingerprint density at radius 1 is 1.25 bits per heavy atom. The molecule has 0 radical (unpaired) electrons. The maximum absolute atomic E-state index is 12.7. The van der Waals surface area contributed by atoms with Gasteiger partial charge in [0.05, 0.1) is 17.7 Å². The van der Waals surface area contributed by atoms with Gasteiger partial charge in [0.2, 0.25) is 0 Å². The van der Waals surface area contributed by atoms with Gasteiger partial charge in [0.1, 0.15) is 0 Å². The van der Waals surface area contributed by atoms with Gasteiger partial charge in [0.25, 0.3) is 5.91 Å². The number of aromatic nitrogens is 2. The van der Waals surface area contributed by atoms with E-state index in [2.05, 4.69) is 5.10 Å². The van der Waals surface area contributed by atoms with Gasteiger partial charge < -0.3 is 10.0 Å². The second kappa shape index (κ2) is 6.86. The molecule has 2 aromatic rings. The summed E-state index contributed by atoms with van der Waals surface area (Å²) in [7, 11) is 0. The highest BCUT2D eigenvalue weighted by molar-refractivity contribution is 5.94. The number of carbonyl (C=O) groups excluding carboxylic acids is 1. The summed E-state index contributed by atoms with van der Waals surface area (Å²) in [6, 6.07) is 9.54. The monoisotopic (exact) mass is 327 g/mol. The molecule has 0 unspecified atom stereocenters. The summed E-state index contributed by atoms with van der Waals surface area (Å²) < 4.78 is 1.74. The van der Waals surface area contributed by atoms with Crippen LogP contribution in [0.1, 0.15) is 35.2 Å². The fourth-order valence-corrected chi connectivity index (χ4v) is 3.27. The van der Waals surface area contributed by atoms with Crippen LogP contribution in [0.5, 0.6) is 0 Å². The molecule has 1 saturated heterocycles. The summed E-state index contributed by atoms with van der Waals surface area (Å²) in [5.74, 6) is -1.77. The van der Waals surface area contributed by atoms with Gasteiger partial charge in [-0.2, -0.15) is 5.10 Å². The van der Waals surface area contributed by atoms with E-state index in [-0.39, 0.29) is 18.4 Å². The van der Waals surface area contributed by atoms with Crippen molar-refractivity contribution in [3.05, 3.63) is 53.9 Å². The van der Waals surface area contributed by atoms with Crippen LogP contribution in [-0.2, 0) is 11.3 Å². The molecule has 1 amide bonds. The average molecular weight is 327 g/mol. The third-order valence-electron chi connectivity index (χ3n) is 4.48. The zero-order chi connectivity index (χ0) is 17.1. The van der Waals surface area contributed by atoms with Gasteiger partial charge in [-0.25, -0.2) is 0 Å². The van der Waals surface area contributed by atoms with Crippen molar-refractivity contribution in [3.8, 4) is 0 Å². The van der Waals surface area contributed by atoms with Gasteiger partial charge in [-0.1, -0.05) is 37.3 Å². The standard InChI is InChI=1S/C18H21N3O3/c1-2-8-21-10-14(9-19-21)17(22)20-11-15(16(12-20)18(23)24)13-6-4-3-5-7-13/h3-7,9-10,15-16H,2,8,11-12H2,1H3,(H,23,24)/t15-,16-/m0/s1. The SMILES string of the molecule is CCCn1cc(C(=O)N2C[C@H](C(=O)O)[C@H](c3ccccc3)C2)cn1. The van der Waals surface area contributed by atoms with Gasteiger partial charge >= 0.3 is 5.97 Å². The quantitative estimate of drug-likeness (QED) is 0.914. The minimum absolute atomic E-state index is 0.151. The Morgan fingerprint density at radius 3 is 2.67 bits per heavy atom. The summed E-state index contributed by atoms with van der Waals surface area (Å²) in [4.78, 5) is 25.9. The van der Waals surface area contributed by atoms with E-state index in [0.29, 0.717) is 12.1 Å². The van der Waals surface area contributed by atoms with Crippen molar-refractivity contribution in [1.82, 2.24) is 14.7 Å². The number of aliphatic carboxylic acids is 1. The minimum atomic E-state index is -0.860. The predicted octanol–water partition coefficient (Wildman–Crippen LogP) is 2.23. The summed E-state index contributed by atoms with van der Waals surface area (Å²) in [6.07, 6.45) is 4.23. The molecule has 0 spiro atoms. The Hall–Kier alpha value is -2.63. The number of hydrogen-bond acceptors (Lipinski definition) is 3. The van der Waals surface area contributed by atoms with Crippen LogP contribution in [0, 0.1) is 5.92 Å². The first-order valence-corrected chi connectivity index (χ1v) is 8.19. The minimum Gasteiger partial charge on any atom is -0.481 e. The van der Waals surface area contributed by atoms with Crippen LogP contribution < -0.4 is 0 Å². The van der Waals surface area contributed by atoms with Gasteiger partial charge in [0, 0.05) is 31.7 Å². The number of nitrogens with zero attached hydrogens (tertiary/aromatic N) is 3. The summed E-state index contributed by atoms with van der Waals surface area (Å²) >= 11 is 0. The zero-order valence-electron chi connectivity index (χ0n) is 13.6. The molecule has 6 heteroatoms. The fraction of sp³-hybridized carbons (Fsp3) is 0.389. The zero-order valence-corrected chi connectivity index (χ0v) is 13.6. The maximum Gasteiger partial charge on any atom is 0.308 e. The van der Waals surface area contributed by atoms with Crippen molar-refractivity contribution < 1.29 is 14.7 Å². The molecule has 1 aromatic heterocycles. The number of rotatable bonds is 5. The molecule has 0 bridgehead atoms. The third-order valence-corrected chi connectivity index (χ3v) is 4.48. The third kappa shape index (κ3) is 3.18. The largest absolute Gasteiger partial charge is 0.481 e. The Bertz CT molecular complexity index is 726. The van der Waals surface area contributed by atoms with Crippen molar-refractivity contribution >= 4 is 11.9 Å². The smallest absolute Gasteiger partial charge is 0.308 e. The Balaban J connectivity index is 1.79. The van der Waals surface area contributed by atoms with E-state index < -0.39 is 11.9 Å². The molecule has 0 saturated carbocycles. The number of carbonyl (C=O) groups is 2. The highest BCUT2D eigenvalue weighted by Crippen LogP contribution is 2.33. The van der Waals surface area contributed by atoms with Gasteiger partial charge in [-0.05, 0) is 12.0 Å². The Kier molecular flexibility index (Phi) is 4.64. The molecule has 6 nitrogen and oxygen atoms in total. The Labute approximate surface area is 140 Å². The van der Waals surface area contributed by atoms with E-state index >= 15 is 0 Å². The van der Waals surface area contributed by atoms with Crippen molar-refractivity contribution in [2.45, 2.75) is 25.8 Å². The van der Waals surface area contributed by atoms with Crippen LogP contribution in [0.2, 0.25) is 0 Å². The molecule has 1 aliphatic rings. The van der Waals surface area contributed by atoms with Gasteiger partial charge in [-0.15, -0.1) is 0 Å². The van der Waals surface area contributed by atoms with E-state index in [9.17, 15) is 14.7 Å². The summed E-state index contributed by atoms with van der Waals surface area (Å²) in [5.41, 5.74) is 1.48. The molecule has 1 N–H and O–H groups in total. The highest BCUT2D eigenvalue weighted by Gasteiger charge is 2.40. The lowest BCUT2D eigenvalue weighted by Crippen LogP contribution is -2.29. The van der Waals surface area contributed by atoms with Crippen LogP contribution in [0.3, 0.4) is 0 Å². The second-order valence-electron chi connectivity index (χ2n) is 6.16. The topological polar surface area (TPSA) is 75.4 Å². The molecule has 24 heavy (non-hydrogen) atoms. The lowest BCUT2D eigenvalue weighted by atomic mass is 9.89. The molecule has 2 heterocycles. The van der Waals surface area contributed by atoms with Crippen LogP contribution in [-0.4, -0.2) is 44.8 Å². The van der Waals surface area contributed by atoms with Crippen LogP contribution in [0.25, 0.3) is 0 Å². The molecule has 3 rings (SSSR count).